The molecular formula is C8HClF6N2O. The second kappa shape index (κ2) is 4.53. The normalized spacial score (nSPS) is 12.1. The predicted octanol–water partition coefficient (Wildman–Crippen LogP) is 3.52. The Labute approximate surface area is 101 Å². The quantitative estimate of drug-likeness (QED) is 0.743. The lowest BCUT2D eigenvalue weighted by Gasteiger charge is -2.14. The molecule has 0 aliphatic rings. The number of alkyl halides is 6. The molecule has 3 nitrogen and oxygen atoms in total. The van der Waals surface area contributed by atoms with Crippen molar-refractivity contribution in [2.75, 3.05) is 0 Å². The van der Waals surface area contributed by atoms with Crippen LogP contribution in [-0.2, 0) is 6.18 Å². The first-order valence-corrected chi connectivity index (χ1v) is 4.35. The number of ether oxygens (including phenoxy) is 1. The van der Waals surface area contributed by atoms with Crippen LogP contribution in [0.5, 0.6) is 5.75 Å². The third-order valence-electron chi connectivity index (χ3n) is 1.60. The van der Waals surface area contributed by atoms with Gasteiger partial charge in [0.25, 0.3) is 0 Å². The number of aromatic nitrogens is 1. The fourth-order valence-electron chi connectivity index (χ4n) is 1.01. The van der Waals surface area contributed by atoms with Gasteiger partial charge in [0.15, 0.2) is 11.4 Å². The molecular weight excluding hydrogens is 290 g/mol. The van der Waals surface area contributed by atoms with Crippen molar-refractivity contribution in [1.29, 1.82) is 5.26 Å². The lowest BCUT2D eigenvalue weighted by molar-refractivity contribution is -0.274. The Hall–Kier alpha value is -1.69. The molecule has 0 fully saturated rings. The summed E-state index contributed by atoms with van der Waals surface area (Å²) in [5.74, 6) is -1.32. The van der Waals surface area contributed by atoms with Crippen molar-refractivity contribution < 1.29 is 31.1 Å². The standard InChI is InChI=1S/C8HClF6N2O/c9-6-4(18-8(13,14)15)2-17-3(1-16)5(6)7(10,11)12/h2H. The molecule has 18 heavy (non-hydrogen) atoms. The number of hydrogen-bond donors (Lipinski definition) is 0. The van der Waals surface area contributed by atoms with E-state index in [2.05, 4.69) is 9.72 Å². The summed E-state index contributed by atoms with van der Waals surface area (Å²) in [5, 5.41) is 7.03. The highest BCUT2D eigenvalue weighted by Crippen LogP contribution is 2.41. The number of nitriles is 1. The summed E-state index contributed by atoms with van der Waals surface area (Å²) in [5.41, 5.74) is -2.91. The zero-order valence-corrected chi connectivity index (χ0v) is 8.78. The molecule has 0 aliphatic heterocycles. The van der Waals surface area contributed by atoms with E-state index in [0.717, 1.165) is 6.07 Å². The molecule has 0 aromatic carbocycles. The monoisotopic (exact) mass is 290 g/mol. The largest absolute Gasteiger partial charge is 0.573 e. The molecule has 10 heteroatoms. The van der Waals surface area contributed by atoms with Gasteiger partial charge in [-0.05, 0) is 0 Å². The van der Waals surface area contributed by atoms with Crippen LogP contribution < -0.4 is 4.74 Å². The Morgan fingerprint density at radius 3 is 2.17 bits per heavy atom. The van der Waals surface area contributed by atoms with Crippen LogP contribution in [0.15, 0.2) is 6.20 Å². The molecule has 0 radical (unpaired) electrons. The van der Waals surface area contributed by atoms with Gasteiger partial charge in [-0.3, -0.25) is 0 Å². The molecule has 1 heterocycles. The number of pyridine rings is 1. The summed E-state index contributed by atoms with van der Waals surface area (Å²) >= 11 is 5.15. The first kappa shape index (κ1) is 14.4. The third-order valence-corrected chi connectivity index (χ3v) is 1.97. The molecule has 0 unspecified atom stereocenters. The van der Waals surface area contributed by atoms with E-state index in [1.165, 1.54) is 0 Å². The second-order valence-corrected chi connectivity index (χ2v) is 3.20. The zero-order chi connectivity index (χ0) is 14.1. The molecule has 0 atom stereocenters. The predicted molar refractivity (Wildman–Crippen MR) is 45.6 cm³/mol. The fourth-order valence-corrected chi connectivity index (χ4v) is 1.29. The highest BCUT2D eigenvalue weighted by atomic mass is 35.5. The van der Waals surface area contributed by atoms with Crippen LogP contribution in [0.2, 0.25) is 5.02 Å². The van der Waals surface area contributed by atoms with Crippen LogP contribution in [0.3, 0.4) is 0 Å². The van der Waals surface area contributed by atoms with E-state index in [4.69, 9.17) is 16.9 Å². The van der Waals surface area contributed by atoms with Crippen molar-refractivity contribution in [2.24, 2.45) is 0 Å². The summed E-state index contributed by atoms with van der Waals surface area (Å²) in [7, 11) is 0. The molecule has 0 N–H and O–H groups in total. The van der Waals surface area contributed by atoms with Crippen LogP contribution >= 0.6 is 11.6 Å². The Kier molecular flexibility index (Phi) is 3.62. The molecule has 0 bridgehead atoms. The molecule has 1 aromatic heterocycles. The van der Waals surface area contributed by atoms with Gasteiger partial charge in [0.05, 0.1) is 11.2 Å². The Morgan fingerprint density at radius 2 is 1.78 bits per heavy atom. The van der Waals surface area contributed by atoms with E-state index in [1.54, 1.807) is 0 Å². The number of rotatable bonds is 1. The zero-order valence-electron chi connectivity index (χ0n) is 8.03. The van der Waals surface area contributed by atoms with Gasteiger partial charge in [-0.2, -0.15) is 18.4 Å². The van der Waals surface area contributed by atoms with E-state index in [1.807, 2.05) is 0 Å². The molecule has 0 spiro atoms. The fraction of sp³-hybridized carbons (Fsp3) is 0.250. The minimum absolute atomic E-state index is 0.295. The van der Waals surface area contributed by atoms with E-state index < -0.39 is 34.6 Å². The van der Waals surface area contributed by atoms with Gasteiger partial charge < -0.3 is 4.74 Å². The molecule has 0 saturated heterocycles. The van der Waals surface area contributed by atoms with Gasteiger partial charge in [0.2, 0.25) is 0 Å². The van der Waals surface area contributed by atoms with Gasteiger partial charge in [-0.1, -0.05) is 11.6 Å². The van der Waals surface area contributed by atoms with E-state index in [0.29, 0.717) is 6.20 Å². The molecule has 0 amide bonds. The maximum absolute atomic E-state index is 12.5. The van der Waals surface area contributed by atoms with Crippen LogP contribution in [0.4, 0.5) is 26.3 Å². The smallest absolute Gasteiger partial charge is 0.403 e. The van der Waals surface area contributed by atoms with Crippen molar-refractivity contribution in [3.05, 3.63) is 22.5 Å². The SMILES string of the molecule is N#Cc1ncc(OC(F)(F)F)c(Cl)c1C(F)(F)F. The molecule has 1 rings (SSSR count). The molecule has 0 aliphatic carbocycles. The maximum atomic E-state index is 12.5. The number of nitrogens with zero attached hydrogens (tertiary/aromatic N) is 2. The van der Waals surface area contributed by atoms with Crippen molar-refractivity contribution in [2.45, 2.75) is 12.5 Å². The highest BCUT2D eigenvalue weighted by molar-refractivity contribution is 6.33. The highest BCUT2D eigenvalue weighted by Gasteiger charge is 2.40. The van der Waals surface area contributed by atoms with E-state index in [-0.39, 0.29) is 0 Å². The van der Waals surface area contributed by atoms with E-state index >= 15 is 0 Å². The minimum atomic E-state index is -5.22. The average Bonchev–Trinajstić information content (AvgIpc) is 2.16. The molecule has 98 valence electrons. The number of hydrogen-bond acceptors (Lipinski definition) is 3. The maximum Gasteiger partial charge on any atom is 0.573 e. The lowest BCUT2D eigenvalue weighted by atomic mass is 10.2. The topological polar surface area (TPSA) is 45.9 Å². The Bertz CT molecular complexity index is 504. The summed E-state index contributed by atoms with van der Waals surface area (Å²) in [4.78, 5) is 2.92. The lowest BCUT2D eigenvalue weighted by Crippen LogP contribution is -2.19. The molecule has 1 aromatic rings. The van der Waals surface area contributed by atoms with Crippen LogP contribution in [-0.4, -0.2) is 11.3 Å². The summed E-state index contributed by atoms with van der Waals surface area (Å²) in [6.45, 7) is 0. The van der Waals surface area contributed by atoms with Gasteiger partial charge in [-0.15, -0.1) is 13.2 Å². The van der Waals surface area contributed by atoms with Crippen molar-refractivity contribution in [3.63, 3.8) is 0 Å². The van der Waals surface area contributed by atoms with Crippen LogP contribution in [0.25, 0.3) is 0 Å². The van der Waals surface area contributed by atoms with Crippen molar-refractivity contribution in [3.8, 4) is 11.8 Å². The summed E-state index contributed by atoms with van der Waals surface area (Å²) < 4.78 is 76.4. The Balaban J connectivity index is 3.41. The van der Waals surface area contributed by atoms with Gasteiger partial charge in [-0.25, -0.2) is 4.98 Å². The minimum Gasteiger partial charge on any atom is -0.403 e. The second-order valence-electron chi connectivity index (χ2n) is 2.82. The average molecular weight is 291 g/mol. The van der Waals surface area contributed by atoms with E-state index in [9.17, 15) is 26.3 Å². The van der Waals surface area contributed by atoms with Gasteiger partial charge in [0, 0.05) is 0 Å². The van der Waals surface area contributed by atoms with Crippen LogP contribution in [0.1, 0.15) is 11.3 Å². The summed E-state index contributed by atoms with van der Waals surface area (Å²) in [6, 6.07) is 1.08. The van der Waals surface area contributed by atoms with Gasteiger partial charge in [0.1, 0.15) is 11.6 Å². The summed E-state index contributed by atoms with van der Waals surface area (Å²) in [6.07, 6.45) is -10.0. The van der Waals surface area contributed by atoms with Gasteiger partial charge >= 0.3 is 12.5 Å². The first-order chi connectivity index (χ1) is 8.06. The first-order valence-electron chi connectivity index (χ1n) is 3.98. The number of halogens is 7. The Morgan fingerprint density at radius 1 is 1.22 bits per heavy atom. The van der Waals surface area contributed by atoms with Crippen LogP contribution in [0, 0.1) is 11.3 Å². The van der Waals surface area contributed by atoms with Crippen molar-refractivity contribution in [1.82, 2.24) is 4.98 Å². The van der Waals surface area contributed by atoms with Crippen molar-refractivity contribution >= 4 is 11.6 Å². The molecule has 0 saturated carbocycles. The third kappa shape index (κ3) is 3.16.